The van der Waals surface area contributed by atoms with E-state index in [9.17, 15) is 0 Å². The average molecular weight is 279 g/mol. The molecule has 0 bridgehead atoms. The van der Waals surface area contributed by atoms with Gasteiger partial charge in [0, 0.05) is 43.6 Å². The topological polar surface area (TPSA) is 32.5 Å². The molecule has 0 spiro atoms. The SMILES string of the molecule is NCC(c1cccs1)N1CCN(C2CCCC2)CC1. The predicted molar refractivity (Wildman–Crippen MR) is 81.5 cm³/mol. The molecule has 0 amide bonds. The van der Waals surface area contributed by atoms with Crippen molar-refractivity contribution in [3.8, 4) is 0 Å². The molecule has 2 aliphatic rings. The van der Waals surface area contributed by atoms with E-state index < -0.39 is 0 Å². The zero-order valence-electron chi connectivity index (χ0n) is 11.6. The van der Waals surface area contributed by atoms with Gasteiger partial charge in [-0.15, -0.1) is 11.3 Å². The first-order chi connectivity index (χ1) is 9.38. The molecule has 1 saturated carbocycles. The molecule has 0 aromatic carbocycles. The van der Waals surface area contributed by atoms with Crippen molar-refractivity contribution >= 4 is 11.3 Å². The number of hydrogen-bond donors (Lipinski definition) is 1. The van der Waals surface area contributed by atoms with Crippen molar-refractivity contribution in [1.82, 2.24) is 9.80 Å². The second kappa shape index (κ2) is 6.35. The Labute approximate surface area is 120 Å². The lowest BCUT2D eigenvalue weighted by Gasteiger charge is -2.41. The lowest BCUT2D eigenvalue weighted by atomic mass is 10.1. The van der Waals surface area contributed by atoms with Gasteiger partial charge in [-0.05, 0) is 24.3 Å². The lowest BCUT2D eigenvalue weighted by Crippen LogP contribution is -2.51. The molecule has 1 aromatic heterocycles. The van der Waals surface area contributed by atoms with E-state index in [0.29, 0.717) is 6.04 Å². The average Bonchev–Trinajstić information content (AvgIpc) is 3.14. The first-order valence-electron chi connectivity index (χ1n) is 7.60. The highest BCUT2D eigenvalue weighted by Gasteiger charge is 2.29. The molecule has 19 heavy (non-hydrogen) atoms. The maximum atomic E-state index is 6.00. The van der Waals surface area contributed by atoms with Gasteiger partial charge in [0.1, 0.15) is 0 Å². The van der Waals surface area contributed by atoms with Gasteiger partial charge in [-0.25, -0.2) is 0 Å². The van der Waals surface area contributed by atoms with Gasteiger partial charge in [0.25, 0.3) is 0 Å². The van der Waals surface area contributed by atoms with Crippen LogP contribution >= 0.6 is 11.3 Å². The van der Waals surface area contributed by atoms with E-state index in [4.69, 9.17) is 5.73 Å². The van der Waals surface area contributed by atoms with Crippen molar-refractivity contribution in [1.29, 1.82) is 0 Å². The Morgan fingerprint density at radius 1 is 1.21 bits per heavy atom. The van der Waals surface area contributed by atoms with Gasteiger partial charge in [0.15, 0.2) is 0 Å². The summed E-state index contributed by atoms with van der Waals surface area (Å²) in [4.78, 5) is 6.72. The largest absolute Gasteiger partial charge is 0.329 e. The van der Waals surface area contributed by atoms with Crippen LogP contribution < -0.4 is 5.73 Å². The first kappa shape index (κ1) is 13.6. The Morgan fingerprint density at radius 3 is 2.53 bits per heavy atom. The molecule has 2 heterocycles. The van der Waals surface area contributed by atoms with Crippen LogP contribution in [0.4, 0.5) is 0 Å². The van der Waals surface area contributed by atoms with Gasteiger partial charge in [0.2, 0.25) is 0 Å². The molecule has 1 saturated heterocycles. The van der Waals surface area contributed by atoms with Gasteiger partial charge < -0.3 is 5.73 Å². The third-order valence-corrected chi connectivity index (χ3v) is 5.70. The van der Waals surface area contributed by atoms with E-state index >= 15 is 0 Å². The summed E-state index contributed by atoms with van der Waals surface area (Å²) >= 11 is 1.84. The van der Waals surface area contributed by atoms with Crippen molar-refractivity contribution in [3.63, 3.8) is 0 Å². The van der Waals surface area contributed by atoms with E-state index in [1.807, 2.05) is 11.3 Å². The highest BCUT2D eigenvalue weighted by atomic mass is 32.1. The van der Waals surface area contributed by atoms with Crippen LogP contribution in [0.5, 0.6) is 0 Å². The minimum Gasteiger partial charge on any atom is -0.329 e. The number of piperazine rings is 1. The fraction of sp³-hybridized carbons (Fsp3) is 0.733. The molecular weight excluding hydrogens is 254 g/mol. The Kier molecular flexibility index (Phi) is 4.53. The van der Waals surface area contributed by atoms with Crippen LogP contribution in [-0.4, -0.2) is 48.6 Å². The van der Waals surface area contributed by atoms with Crippen LogP contribution in [-0.2, 0) is 0 Å². The maximum absolute atomic E-state index is 6.00. The maximum Gasteiger partial charge on any atom is 0.0565 e. The van der Waals surface area contributed by atoms with Crippen LogP contribution in [0, 0.1) is 0 Å². The smallest absolute Gasteiger partial charge is 0.0565 e. The summed E-state index contributed by atoms with van der Waals surface area (Å²) in [6.45, 7) is 5.55. The molecule has 2 fully saturated rings. The van der Waals surface area contributed by atoms with Gasteiger partial charge in [-0.1, -0.05) is 18.9 Å². The van der Waals surface area contributed by atoms with Crippen molar-refractivity contribution in [2.45, 2.75) is 37.8 Å². The molecule has 1 atom stereocenters. The number of nitrogens with zero attached hydrogens (tertiary/aromatic N) is 2. The number of hydrogen-bond acceptors (Lipinski definition) is 4. The zero-order valence-corrected chi connectivity index (χ0v) is 12.4. The molecule has 3 nitrogen and oxygen atoms in total. The van der Waals surface area contributed by atoms with Gasteiger partial charge in [-0.3, -0.25) is 9.80 Å². The van der Waals surface area contributed by atoms with E-state index in [1.54, 1.807) is 0 Å². The summed E-state index contributed by atoms with van der Waals surface area (Å²) in [5, 5.41) is 2.16. The summed E-state index contributed by atoms with van der Waals surface area (Å²) in [7, 11) is 0. The normalized spacial score (nSPS) is 24.9. The second-order valence-corrected chi connectivity index (χ2v) is 6.76. The summed E-state index contributed by atoms with van der Waals surface area (Å²) in [6.07, 6.45) is 5.72. The van der Waals surface area contributed by atoms with Crippen LogP contribution in [0.2, 0.25) is 0 Å². The summed E-state index contributed by atoms with van der Waals surface area (Å²) in [5.41, 5.74) is 6.00. The Morgan fingerprint density at radius 2 is 1.95 bits per heavy atom. The van der Waals surface area contributed by atoms with Gasteiger partial charge in [0.05, 0.1) is 6.04 Å². The monoisotopic (exact) mass is 279 g/mol. The highest BCUT2D eigenvalue weighted by molar-refractivity contribution is 7.10. The minimum atomic E-state index is 0.436. The summed E-state index contributed by atoms with van der Waals surface area (Å²) in [6, 6.07) is 5.68. The molecule has 1 aromatic rings. The summed E-state index contributed by atoms with van der Waals surface area (Å²) < 4.78 is 0. The van der Waals surface area contributed by atoms with E-state index in [1.165, 1.54) is 56.7 Å². The third kappa shape index (κ3) is 3.02. The van der Waals surface area contributed by atoms with Crippen LogP contribution in [0.1, 0.15) is 36.6 Å². The van der Waals surface area contributed by atoms with Crippen molar-refractivity contribution < 1.29 is 0 Å². The zero-order chi connectivity index (χ0) is 13.1. The molecule has 1 aliphatic heterocycles. The van der Waals surface area contributed by atoms with E-state index in [2.05, 4.69) is 27.3 Å². The first-order valence-corrected chi connectivity index (χ1v) is 8.48. The fourth-order valence-corrected chi connectivity index (χ4v) is 4.48. The number of nitrogens with two attached hydrogens (primary N) is 1. The molecule has 2 N–H and O–H groups in total. The van der Waals surface area contributed by atoms with Gasteiger partial charge >= 0.3 is 0 Å². The molecular formula is C15H25N3S. The van der Waals surface area contributed by atoms with Crippen molar-refractivity contribution in [3.05, 3.63) is 22.4 Å². The molecule has 1 aliphatic carbocycles. The van der Waals surface area contributed by atoms with Crippen LogP contribution in [0.15, 0.2) is 17.5 Å². The van der Waals surface area contributed by atoms with Crippen molar-refractivity contribution in [2.75, 3.05) is 32.7 Å². The van der Waals surface area contributed by atoms with Gasteiger partial charge in [-0.2, -0.15) is 0 Å². The standard InChI is InChI=1S/C15H25N3S/c16-12-14(15-6-3-11-19-15)18-9-7-17(8-10-18)13-4-1-2-5-13/h3,6,11,13-14H,1-2,4-5,7-10,12,16H2. The number of thiophene rings is 1. The van der Waals surface area contributed by atoms with Crippen molar-refractivity contribution in [2.24, 2.45) is 5.73 Å². The summed E-state index contributed by atoms with van der Waals surface area (Å²) in [5.74, 6) is 0. The predicted octanol–water partition coefficient (Wildman–Crippen LogP) is 2.31. The minimum absolute atomic E-state index is 0.436. The fourth-order valence-electron chi connectivity index (χ4n) is 3.61. The highest BCUT2D eigenvalue weighted by Crippen LogP contribution is 2.28. The van der Waals surface area contributed by atoms with E-state index in [0.717, 1.165) is 12.6 Å². The van der Waals surface area contributed by atoms with Crippen LogP contribution in [0.3, 0.4) is 0 Å². The third-order valence-electron chi connectivity index (χ3n) is 4.73. The Hall–Kier alpha value is -0.420. The molecule has 4 heteroatoms. The molecule has 106 valence electrons. The molecule has 1 unspecified atom stereocenters. The number of rotatable bonds is 4. The Balaban J connectivity index is 1.56. The Bertz CT molecular complexity index is 365. The van der Waals surface area contributed by atoms with Crippen LogP contribution in [0.25, 0.3) is 0 Å². The lowest BCUT2D eigenvalue weighted by molar-refractivity contribution is 0.0732. The second-order valence-electron chi connectivity index (χ2n) is 5.78. The molecule has 3 rings (SSSR count). The van der Waals surface area contributed by atoms with E-state index in [-0.39, 0.29) is 0 Å². The quantitative estimate of drug-likeness (QED) is 0.918. The molecule has 0 radical (unpaired) electrons.